The highest BCUT2D eigenvalue weighted by atomic mass is 19.4. The summed E-state index contributed by atoms with van der Waals surface area (Å²) in [5.74, 6) is -2.76. The van der Waals surface area contributed by atoms with E-state index in [1.54, 1.807) is 0 Å². The zero-order valence-electron chi connectivity index (χ0n) is 23.4. The molecular weight excluding hydrogens is 580 g/mol. The van der Waals surface area contributed by atoms with Crippen LogP contribution in [-0.2, 0) is 49.2 Å². The molecule has 0 radical (unpaired) electrons. The zero-order valence-corrected chi connectivity index (χ0v) is 23.4. The summed E-state index contributed by atoms with van der Waals surface area (Å²) in [4.78, 5) is 40.5. The maximum Gasteiger partial charge on any atom is 0.416 e. The number of benzene rings is 3. The molecule has 0 N–H and O–H groups in total. The molecule has 43 heavy (non-hydrogen) atoms. The van der Waals surface area contributed by atoms with E-state index in [2.05, 4.69) is 0 Å². The third-order valence-electron chi connectivity index (χ3n) is 7.18. The lowest BCUT2D eigenvalue weighted by Gasteiger charge is -2.43. The number of amides is 1. The molecule has 1 amide bonds. The minimum atomic E-state index is -4.70. The summed E-state index contributed by atoms with van der Waals surface area (Å²) in [6.07, 6.45) is -9.83. The van der Waals surface area contributed by atoms with Gasteiger partial charge in [0.1, 0.15) is 0 Å². The lowest BCUT2D eigenvalue weighted by atomic mass is 9.79. The lowest BCUT2D eigenvalue weighted by molar-refractivity contribution is -0.180. The quantitative estimate of drug-likeness (QED) is 0.175. The van der Waals surface area contributed by atoms with Gasteiger partial charge in [-0.2, -0.15) is 26.3 Å². The summed E-state index contributed by atoms with van der Waals surface area (Å²) in [7, 11) is 0. The summed E-state index contributed by atoms with van der Waals surface area (Å²) < 4.78 is 92.1. The molecule has 0 aliphatic carbocycles. The number of rotatable bonds is 6. The van der Waals surface area contributed by atoms with Crippen LogP contribution in [0, 0.1) is 0 Å². The van der Waals surface area contributed by atoms with Crippen molar-refractivity contribution in [1.29, 1.82) is 0 Å². The second-order valence-corrected chi connectivity index (χ2v) is 9.91. The minimum absolute atomic E-state index is 0.0388. The van der Waals surface area contributed by atoms with Crippen LogP contribution in [0.2, 0.25) is 0 Å². The number of hydrogen-bond donors (Lipinski definition) is 0. The second kappa shape index (κ2) is 11.7. The number of carbonyl (C=O) groups is 3. The predicted molar refractivity (Wildman–Crippen MR) is 143 cm³/mol. The smallest absolute Gasteiger partial charge is 0.416 e. The minimum Gasteiger partial charge on any atom is -0.464 e. The van der Waals surface area contributed by atoms with Gasteiger partial charge in [-0.05, 0) is 77.6 Å². The van der Waals surface area contributed by atoms with Crippen molar-refractivity contribution in [3.8, 4) is 22.3 Å². The van der Waals surface area contributed by atoms with Crippen LogP contribution in [0.5, 0.6) is 0 Å². The average Bonchev–Trinajstić information content (AvgIpc) is 2.95. The van der Waals surface area contributed by atoms with Crippen LogP contribution in [0.3, 0.4) is 0 Å². The fraction of sp³-hybridized carbons (Fsp3) is 0.323. The molecule has 0 saturated heterocycles. The van der Waals surface area contributed by atoms with Gasteiger partial charge in [0.2, 0.25) is 11.4 Å². The first-order valence-corrected chi connectivity index (χ1v) is 13.3. The van der Waals surface area contributed by atoms with Gasteiger partial charge in [0.25, 0.3) is 0 Å². The van der Waals surface area contributed by atoms with Crippen LogP contribution in [0.4, 0.5) is 26.3 Å². The van der Waals surface area contributed by atoms with Crippen LogP contribution in [0.15, 0.2) is 60.7 Å². The van der Waals surface area contributed by atoms with Crippen LogP contribution < -0.4 is 0 Å². The normalized spacial score (nSPS) is 14.6. The summed E-state index contributed by atoms with van der Waals surface area (Å²) in [5, 5.41) is 0. The van der Waals surface area contributed by atoms with E-state index in [-0.39, 0.29) is 42.0 Å². The van der Waals surface area contributed by atoms with Crippen LogP contribution >= 0.6 is 0 Å². The Morgan fingerprint density at radius 1 is 0.744 bits per heavy atom. The molecular formula is C31H27F6NO5. The molecule has 3 aromatic carbocycles. The van der Waals surface area contributed by atoms with Gasteiger partial charge < -0.3 is 14.4 Å². The highest BCUT2D eigenvalue weighted by Gasteiger charge is 2.57. The fourth-order valence-corrected chi connectivity index (χ4v) is 5.21. The molecule has 12 heteroatoms. The largest absolute Gasteiger partial charge is 0.464 e. The third-order valence-corrected chi connectivity index (χ3v) is 7.18. The van der Waals surface area contributed by atoms with Gasteiger partial charge in [0, 0.05) is 19.9 Å². The summed E-state index contributed by atoms with van der Waals surface area (Å²) in [5.41, 5.74) is -3.10. The van der Waals surface area contributed by atoms with Crippen LogP contribution in [0.1, 0.15) is 43.0 Å². The number of fused-ring (bicyclic) bond motifs is 1. The van der Waals surface area contributed by atoms with Gasteiger partial charge >= 0.3 is 24.3 Å². The Morgan fingerprint density at radius 2 is 1.19 bits per heavy atom. The Morgan fingerprint density at radius 3 is 1.58 bits per heavy atom. The number of carbonyl (C=O) groups excluding carboxylic acids is 3. The van der Waals surface area contributed by atoms with Crippen molar-refractivity contribution in [3.63, 3.8) is 0 Å². The molecule has 4 rings (SSSR count). The van der Waals surface area contributed by atoms with Gasteiger partial charge in [0.05, 0.1) is 24.3 Å². The first-order chi connectivity index (χ1) is 20.1. The topological polar surface area (TPSA) is 72.9 Å². The number of nitrogens with zero attached hydrogens (tertiary/aromatic N) is 1. The van der Waals surface area contributed by atoms with E-state index in [1.807, 2.05) is 0 Å². The van der Waals surface area contributed by atoms with E-state index >= 15 is 0 Å². The molecule has 0 atom stereocenters. The highest BCUT2D eigenvalue weighted by Crippen LogP contribution is 2.43. The standard InChI is InChI=1S/C31H27F6NO5/c1-4-42-27(40)29(28(41)43-5-2)16-21-14-25(19-8-6-10-23(12-19)30(32,33)34)26(15-22(21)17-38(29)18(3)39)20-9-7-11-24(13-20)31(35,36)37/h6-15H,4-5,16-17H2,1-3H3. The van der Waals surface area contributed by atoms with Gasteiger partial charge in [-0.1, -0.05) is 30.3 Å². The van der Waals surface area contributed by atoms with Crippen molar-refractivity contribution in [2.75, 3.05) is 13.2 Å². The van der Waals surface area contributed by atoms with Gasteiger partial charge in [0.15, 0.2) is 0 Å². The van der Waals surface area contributed by atoms with Crippen LogP contribution in [0.25, 0.3) is 22.3 Å². The molecule has 0 bridgehead atoms. The maximum atomic E-state index is 13.6. The summed E-state index contributed by atoms with van der Waals surface area (Å²) in [6, 6.07) is 11.5. The van der Waals surface area contributed by atoms with E-state index in [0.717, 1.165) is 36.1 Å². The number of hydrogen-bond acceptors (Lipinski definition) is 5. The number of halogens is 6. The Labute approximate surface area is 243 Å². The number of esters is 2. The van der Waals surface area contributed by atoms with Crippen molar-refractivity contribution in [2.24, 2.45) is 0 Å². The van der Waals surface area contributed by atoms with Crippen molar-refractivity contribution in [1.82, 2.24) is 4.90 Å². The molecule has 6 nitrogen and oxygen atoms in total. The molecule has 0 fully saturated rings. The van der Waals surface area contributed by atoms with Gasteiger partial charge in [-0.25, -0.2) is 9.59 Å². The van der Waals surface area contributed by atoms with E-state index in [1.165, 1.54) is 50.2 Å². The highest BCUT2D eigenvalue weighted by molar-refractivity contribution is 6.08. The Hall–Kier alpha value is -4.35. The second-order valence-electron chi connectivity index (χ2n) is 9.91. The molecule has 228 valence electrons. The monoisotopic (exact) mass is 607 g/mol. The molecule has 0 saturated carbocycles. The fourth-order valence-electron chi connectivity index (χ4n) is 5.21. The first kappa shape index (κ1) is 31.6. The van der Waals surface area contributed by atoms with Crippen molar-refractivity contribution in [2.45, 2.75) is 51.6 Å². The Kier molecular flexibility index (Phi) is 8.62. The predicted octanol–water partition coefficient (Wildman–Crippen LogP) is 6.83. The van der Waals surface area contributed by atoms with Crippen LogP contribution in [-0.4, -0.2) is 41.5 Å². The molecule has 1 heterocycles. The van der Waals surface area contributed by atoms with Crippen molar-refractivity contribution < 1.29 is 50.2 Å². The van der Waals surface area contributed by atoms with E-state index < -0.39 is 53.3 Å². The Balaban J connectivity index is 2.02. The van der Waals surface area contributed by atoms with E-state index in [0.29, 0.717) is 11.1 Å². The SMILES string of the molecule is CCOC(=O)C1(C(=O)OCC)Cc2cc(-c3cccc(C(F)(F)F)c3)c(-c3cccc(C(F)(F)F)c3)cc2CN1C(C)=O. The van der Waals surface area contributed by atoms with Crippen molar-refractivity contribution in [3.05, 3.63) is 82.9 Å². The molecule has 0 unspecified atom stereocenters. The summed E-state index contributed by atoms with van der Waals surface area (Å²) in [6.45, 7) is 3.60. The maximum absolute atomic E-state index is 13.6. The van der Waals surface area contributed by atoms with E-state index in [4.69, 9.17) is 9.47 Å². The molecule has 1 aliphatic rings. The number of alkyl halides is 6. The lowest BCUT2D eigenvalue weighted by Crippen LogP contribution is -2.65. The zero-order chi connectivity index (χ0) is 31.7. The number of ether oxygens (including phenoxy) is 2. The van der Waals surface area contributed by atoms with Gasteiger partial charge in [-0.15, -0.1) is 0 Å². The molecule has 3 aromatic rings. The molecule has 0 aromatic heterocycles. The molecule has 0 spiro atoms. The third kappa shape index (κ3) is 6.09. The Bertz CT molecular complexity index is 1540. The van der Waals surface area contributed by atoms with Gasteiger partial charge in [-0.3, -0.25) is 4.79 Å². The summed E-state index contributed by atoms with van der Waals surface area (Å²) >= 11 is 0. The van der Waals surface area contributed by atoms with Crippen molar-refractivity contribution >= 4 is 17.8 Å². The average molecular weight is 608 g/mol. The first-order valence-electron chi connectivity index (χ1n) is 13.3. The van der Waals surface area contributed by atoms with E-state index in [9.17, 15) is 40.7 Å². The molecule has 1 aliphatic heterocycles.